The third-order valence-corrected chi connectivity index (χ3v) is 10.4. The van der Waals surface area contributed by atoms with Gasteiger partial charge < -0.3 is 14.6 Å². The highest BCUT2D eigenvalue weighted by Crippen LogP contribution is 2.81. The lowest BCUT2D eigenvalue weighted by molar-refractivity contribution is -0.380. The molecule has 0 radical (unpaired) electrons. The van der Waals surface area contributed by atoms with Gasteiger partial charge in [-0.15, -0.1) is 0 Å². The fraction of sp³-hybridized carbons (Fsp3) is 0.769. The molecule has 168 valence electrons. The van der Waals surface area contributed by atoms with Gasteiger partial charge >= 0.3 is 0 Å². The molecule has 7 rings (SSSR count). The van der Waals surface area contributed by atoms with E-state index in [-0.39, 0.29) is 47.3 Å². The fourth-order valence-electron chi connectivity index (χ4n) is 9.94. The Kier molecular flexibility index (Phi) is 3.49. The van der Waals surface area contributed by atoms with Gasteiger partial charge in [-0.3, -0.25) is 9.59 Å². The Bertz CT molecular complexity index is 974. The molecule has 5 heteroatoms. The summed E-state index contributed by atoms with van der Waals surface area (Å²) in [5, 5.41) is 12.2. The van der Waals surface area contributed by atoms with E-state index < -0.39 is 27.9 Å². The molecule has 2 saturated heterocycles. The van der Waals surface area contributed by atoms with Crippen molar-refractivity contribution in [2.45, 2.75) is 65.1 Å². The molecule has 0 aromatic carbocycles. The molecule has 4 bridgehead atoms. The first-order valence-corrected chi connectivity index (χ1v) is 11.8. The number of carbonyl (C=O) groups excluding carboxylic acids is 2. The van der Waals surface area contributed by atoms with E-state index >= 15 is 0 Å². The quantitative estimate of drug-likeness (QED) is 0.650. The molecule has 0 aromatic rings. The van der Waals surface area contributed by atoms with Crippen LogP contribution in [-0.4, -0.2) is 42.1 Å². The van der Waals surface area contributed by atoms with E-state index in [4.69, 9.17) is 9.47 Å². The summed E-state index contributed by atoms with van der Waals surface area (Å²) < 4.78 is 12.3. The van der Waals surface area contributed by atoms with E-state index in [1.807, 2.05) is 6.08 Å². The van der Waals surface area contributed by atoms with Gasteiger partial charge in [0, 0.05) is 5.92 Å². The van der Waals surface area contributed by atoms with Gasteiger partial charge in [-0.05, 0) is 65.9 Å². The van der Waals surface area contributed by atoms with Crippen molar-refractivity contribution in [3.63, 3.8) is 0 Å². The number of fused-ring (bicyclic) bond motifs is 1. The number of allylic oxidation sites excluding steroid dienone is 3. The maximum absolute atomic E-state index is 14.1. The predicted molar refractivity (Wildman–Crippen MR) is 114 cm³/mol. The van der Waals surface area contributed by atoms with Crippen LogP contribution in [0.1, 0.15) is 53.4 Å². The number of aliphatic hydroxyl groups is 1. The topological polar surface area (TPSA) is 72.8 Å². The zero-order valence-corrected chi connectivity index (χ0v) is 19.3. The van der Waals surface area contributed by atoms with Crippen molar-refractivity contribution in [3.8, 4) is 0 Å². The van der Waals surface area contributed by atoms with Gasteiger partial charge in [0.1, 0.15) is 5.60 Å². The van der Waals surface area contributed by atoms with Crippen LogP contribution in [0.25, 0.3) is 0 Å². The summed E-state index contributed by atoms with van der Waals surface area (Å²) in [5.41, 5.74) is -2.56. The van der Waals surface area contributed by atoms with Crippen molar-refractivity contribution in [2.75, 3.05) is 13.7 Å². The van der Waals surface area contributed by atoms with E-state index in [9.17, 15) is 14.7 Å². The number of carbonyl (C=O) groups is 2. The van der Waals surface area contributed by atoms with E-state index in [2.05, 4.69) is 34.3 Å². The zero-order valence-electron chi connectivity index (χ0n) is 19.3. The monoisotopic (exact) mass is 426 g/mol. The molecule has 1 N–H and O–H groups in total. The number of methoxy groups -OCH3 is 1. The third kappa shape index (κ3) is 1.80. The van der Waals surface area contributed by atoms with Crippen molar-refractivity contribution in [2.24, 2.45) is 45.3 Å². The minimum atomic E-state index is -0.957. The summed E-state index contributed by atoms with van der Waals surface area (Å²) in [6.07, 6.45) is 4.24. The Morgan fingerprint density at radius 2 is 1.87 bits per heavy atom. The number of ketones is 2. The molecule has 31 heavy (non-hydrogen) atoms. The normalized spacial score (nSPS) is 53.0. The largest absolute Gasteiger partial charge is 0.493 e. The summed E-state index contributed by atoms with van der Waals surface area (Å²) in [7, 11) is 1.54. The minimum Gasteiger partial charge on any atom is -0.493 e. The SMILES string of the molecule is C=C1C(=O)[C@@]23[C@@H]4CC(C)(C)C[C@]25OC[C@]2(C(=O)C(OC)=CC(C)(C)[C@H]2[C@@H]5O)[C@@H]3CC[C@@H]14. The second-order valence-corrected chi connectivity index (χ2v) is 12.6. The molecule has 2 heterocycles. The lowest BCUT2D eigenvalue weighted by Crippen LogP contribution is -2.85. The highest BCUT2D eigenvalue weighted by Gasteiger charge is 2.88. The van der Waals surface area contributed by atoms with Gasteiger partial charge in [-0.25, -0.2) is 0 Å². The molecular weight excluding hydrogens is 392 g/mol. The Morgan fingerprint density at radius 3 is 2.55 bits per heavy atom. The lowest BCUT2D eigenvalue weighted by Gasteiger charge is -2.77. The van der Waals surface area contributed by atoms with Gasteiger partial charge in [-0.2, -0.15) is 0 Å². The Morgan fingerprint density at radius 1 is 1.16 bits per heavy atom. The van der Waals surface area contributed by atoms with Crippen molar-refractivity contribution in [1.82, 2.24) is 0 Å². The van der Waals surface area contributed by atoms with Crippen molar-refractivity contribution >= 4 is 11.6 Å². The Labute approximate surface area is 184 Å². The molecule has 3 spiro atoms. The molecule has 8 atom stereocenters. The smallest absolute Gasteiger partial charge is 0.206 e. The molecule has 0 aromatic heterocycles. The van der Waals surface area contributed by atoms with Crippen LogP contribution < -0.4 is 0 Å². The first-order chi connectivity index (χ1) is 14.4. The highest BCUT2D eigenvalue weighted by molar-refractivity contribution is 6.07. The standard InChI is InChI=1S/C26H34O5/c1-13-14-7-8-17-24-12-31-25(11-22(2,3)9-15(14)26(17,25)19(13)27)21(29)18(24)23(4,5)10-16(30-6)20(24)28/h10,14-15,17-18,21,29H,1,7-9,11-12H2,2-6H3/t14-,15+,17-,18+,21-,24-,25+,26-/m0/s1. The van der Waals surface area contributed by atoms with E-state index in [0.717, 1.165) is 19.3 Å². The summed E-state index contributed by atoms with van der Waals surface area (Å²) in [5.74, 6) is 0.0990. The minimum absolute atomic E-state index is 0.0616. The molecule has 0 amide bonds. The summed E-state index contributed by atoms with van der Waals surface area (Å²) in [4.78, 5) is 28.2. The fourth-order valence-corrected chi connectivity index (χ4v) is 9.94. The van der Waals surface area contributed by atoms with Crippen molar-refractivity contribution < 1.29 is 24.2 Å². The van der Waals surface area contributed by atoms with Crippen LogP contribution in [0.5, 0.6) is 0 Å². The van der Waals surface area contributed by atoms with E-state index in [0.29, 0.717) is 17.8 Å². The maximum Gasteiger partial charge on any atom is 0.206 e. The van der Waals surface area contributed by atoms with Crippen molar-refractivity contribution in [3.05, 3.63) is 24.0 Å². The van der Waals surface area contributed by atoms with Crippen LogP contribution in [0.15, 0.2) is 24.0 Å². The molecule has 7 aliphatic rings. The summed E-state index contributed by atoms with van der Waals surface area (Å²) in [6, 6.07) is 0. The Hall–Kier alpha value is -1.46. The maximum atomic E-state index is 14.1. The van der Waals surface area contributed by atoms with Gasteiger partial charge in [0.05, 0.1) is 30.7 Å². The molecule has 2 aliphatic heterocycles. The zero-order chi connectivity index (χ0) is 22.4. The number of hydrogen-bond acceptors (Lipinski definition) is 5. The third-order valence-electron chi connectivity index (χ3n) is 10.4. The number of rotatable bonds is 1. The Balaban J connectivity index is 1.70. The summed E-state index contributed by atoms with van der Waals surface area (Å²) >= 11 is 0. The molecule has 0 unspecified atom stereocenters. The van der Waals surface area contributed by atoms with E-state index in [1.165, 1.54) is 7.11 Å². The van der Waals surface area contributed by atoms with Crippen LogP contribution >= 0.6 is 0 Å². The van der Waals surface area contributed by atoms with Gasteiger partial charge in [0.25, 0.3) is 0 Å². The second-order valence-electron chi connectivity index (χ2n) is 12.6. The molecule has 5 nitrogen and oxygen atoms in total. The molecule has 5 aliphatic carbocycles. The highest BCUT2D eigenvalue weighted by atomic mass is 16.5. The van der Waals surface area contributed by atoms with Gasteiger partial charge in [-0.1, -0.05) is 34.3 Å². The van der Waals surface area contributed by atoms with Crippen LogP contribution in [0.2, 0.25) is 0 Å². The lowest BCUT2D eigenvalue weighted by atomic mass is 9.30. The second kappa shape index (κ2) is 5.36. The predicted octanol–water partition coefficient (Wildman–Crippen LogP) is 3.46. The average Bonchev–Trinajstić information content (AvgIpc) is 2.80. The number of aliphatic hydroxyl groups excluding tert-OH is 1. The number of ether oxygens (including phenoxy) is 2. The first-order valence-electron chi connectivity index (χ1n) is 11.8. The van der Waals surface area contributed by atoms with Gasteiger partial charge in [0.15, 0.2) is 11.5 Å². The average molecular weight is 427 g/mol. The molecule has 4 saturated carbocycles. The molecule has 6 fully saturated rings. The van der Waals surface area contributed by atoms with Crippen LogP contribution in [0.4, 0.5) is 0 Å². The van der Waals surface area contributed by atoms with Crippen LogP contribution in [-0.2, 0) is 19.1 Å². The van der Waals surface area contributed by atoms with E-state index in [1.54, 1.807) is 0 Å². The first kappa shape index (κ1) is 20.2. The number of Topliss-reactive ketones (excluding diaryl/α,β-unsaturated/α-hetero) is 2. The number of hydrogen-bond donors (Lipinski definition) is 1. The summed E-state index contributed by atoms with van der Waals surface area (Å²) in [6.45, 7) is 13.2. The van der Waals surface area contributed by atoms with Crippen LogP contribution in [0, 0.1) is 45.3 Å². The van der Waals surface area contributed by atoms with Crippen LogP contribution in [0.3, 0.4) is 0 Å². The molecular formula is C26H34O5. The van der Waals surface area contributed by atoms with Crippen molar-refractivity contribution in [1.29, 1.82) is 0 Å². The van der Waals surface area contributed by atoms with Gasteiger partial charge in [0.2, 0.25) is 5.78 Å².